The quantitative estimate of drug-likeness (QED) is 0.113. The van der Waals surface area contributed by atoms with Crippen LogP contribution in [0.4, 0.5) is 0 Å². The molecule has 69 heavy (non-hydrogen) atoms. The van der Waals surface area contributed by atoms with E-state index in [1.165, 1.54) is 33.4 Å². The van der Waals surface area contributed by atoms with Gasteiger partial charge in [-0.2, -0.15) is 0 Å². The highest BCUT2D eigenvalue weighted by molar-refractivity contribution is 8.77. The van der Waals surface area contributed by atoms with Gasteiger partial charge in [0.15, 0.2) is 0 Å². The van der Waals surface area contributed by atoms with Crippen LogP contribution in [0.2, 0.25) is 0 Å². The first-order chi connectivity index (χ1) is 32.8. The largest absolute Gasteiger partial charge is 0.480 e. The SMILES string of the molecule is CC[C@H](C)[C@@H]1NC(=O)[C@@H](Cc2cc3ccccc3[nH]2)NC(=O)CC2(CCCCC2)SSC[C@@H](C(=O)N2CCC[C@H]2C(=O)N[C@@H](CCCN)C(=O)O)NC(=O)[C@H](CC(N)=O)NC(=O)[C@H]([C@@H](C)O)NC1=O. The maximum atomic E-state index is 14.6. The number of rotatable bonds is 14. The molecule has 0 bridgehead atoms. The molecule has 0 unspecified atom stereocenters. The van der Waals surface area contributed by atoms with Crippen molar-refractivity contribution in [3.63, 3.8) is 0 Å². The van der Waals surface area contributed by atoms with E-state index in [0.29, 0.717) is 37.8 Å². The average Bonchev–Trinajstić information content (AvgIpc) is 3.97. The minimum Gasteiger partial charge on any atom is -0.480 e. The van der Waals surface area contributed by atoms with Gasteiger partial charge in [-0.05, 0) is 75.4 Å². The Bertz CT molecular complexity index is 2150. The first kappa shape index (κ1) is 54.5. The zero-order valence-electron chi connectivity index (χ0n) is 39.4. The Morgan fingerprint density at radius 1 is 0.899 bits per heavy atom. The van der Waals surface area contributed by atoms with Gasteiger partial charge < -0.3 is 63.5 Å². The average molecular weight is 1000 g/mol. The Labute approximate surface area is 409 Å². The second-order valence-electron chi connectivity index (χ2n) is 18.4. The maximum absolute atomic E-state index is 14.6. The molecule has 9 atom stereocenters. The van der Waals surface area contributed by atoms with Gasteiger partial charge in [0.25, 0.3) is 0 Å². The minimum absolute atomic E-state index is 0.0204. The van der Waals surface area contributed by atoms with E-state index in [1.54, 1.807) is 13.8 Å². The number of H-pyrrole nitrogens is 1. The van der Waals surface area contributed by atoms with Crippen molar-refractivity contribution in [2.24, 2.45) is 17.4 Å². The first-order valence-electron chi connectivity index (χ1n) is 23.7. The molecule has 8 amide bonds. The monoisotopic (exact) mass is 1000 g/mol. The molecule has 21 nitrogen and oxygen atoms in total. The van der Waals surface area contributed by atoms with E-state index in [-0.39, 0.29) is 44.5 Å². The highest BCUT2D eigenvalue weighted by Gasteiger charge is 2.43. The van der Waals surface area contributed by atoms with E-state index in [9.17, 15) is 53.4 Å². The van der Waals surface area contributed by atoms with Crippen molar-refractivity contribution < 1.29 is 53.4 Å². The van der Waals surface area contributed by atoms with Crippen molar-refractivity contribution in [1.29, 1.82) is 0 Å². The fourth-order valence-corrected chi connectivity index (χ4v) is 12.4. The summed E-state index contributed by atoms with van der Waals surface area (Å²) in [6.07, 6.45) is 2.77. The third kappa shape index (κ3) is 15.1. The molecule has 5 rings (SSSR count). The van der Waals surface area contributed by atoms with Crippen LogP contribution in [0, 0.1) is 5.92 Å². The van der Waals surface area contributed by atoms with E-state index in [4.69, 9.17) is 11.5 Å². The molecule has 1 aromatic heterocycles. The molecule has 380 valence electrons. The highest BCUT2D eigenvalue weighted by atomic mass is 33.1. The van der Waals surface area contributed by atoms with Crippen LogP contribution < -0.4 is 43.4 Å². The first-order valence-corrected chi connectivity index (χ1v) is 26.0. The molecule has 2 aromatic rings. The second kappa shape index (κ2) is 25.5. The van der Waals surface area contributed by atoms with Crippen LogP contribution in [-0.4, -0.2) is 145 Å². The Morgan fingerprint density at radius 3 is 2.23 bits per heavy atom. The fraction of sp³-hybridized carbons (Fsp3) is 0.630. The molecule has 2 saturated heterocycles. The van der Waals surface area contributed by atoms with E-state index in [2.05, 4.69) is 36.9 Å². The van der Waals surface area contributed by atoms with Gasteiger partial charge >= 0.3 is 5.97 Å². The number of aliphatic hydroxyl groups is 1. The predicted octanol–water partition coefficient (Wildman–Crippen LogP) is 0.224. The van der Waals surface area contributed by atoms with Crippen LogP contribution >= 0.6 is 21.6 Å². The van der Waals surface area contributed by atoms with Gasteiger partial charge in [0, 0.05) is 41.1 Å². The van der Waals surface area contributed by atoms with E-state index >= 15 is 0 Å². The van der Waals surface area contributed by atoms with E-state index in [1.807, 2.05) is 30.3 Å². The summed E-state index contributed by atoms with van der Waals surface area (Å²) in [6, 6.07) is -0.219. The number of nitrogens with two attached hydrogens (primary N) is 2. The van der Waals surface area contributed by atoms with Crippen LogP contribution in [0.3, 0.4) is 0 Å². The molecule has 23 heteroatoms. The zero-order valence-corrected chi connectivity index (χ0v) is 41.0. The van der Waals surface area contributed by atoms with Crippen molar-refractivity contribution in [3.8, 4) is 0 Å². The molecule has 3 fully saturated rings. The number of primary amides is 1. The number of likely N-dealkylation sites (tertiary alicyclic amines) is 1. The van der Waals surface area contributed by atoms with Gasteiger partial charge in [0.05, 0.1) is 12.5 Å². The third-order valence-corrected chi connectivity index (χ3v) is 16.4. The number of benzene rings is 1. The summed E-state index contributed by atoms with van der Waals surface area (Å²) in [5, 5.41) is 37.4. The van der Waals surface area contributed by atoms with Crippen molar-refractivity contribution in [2.75, 3.05) is 18.8 Å². The number of amides is 8. The number of nitrogens with one attached hydrogen (secondary N) is 7. The number of aliphatic hydroxyl groups excluding tert-OH is 1. The summed E-state index contributed by atoms with van der Waals surface area (Å²) in [5.41, 5.74) is 12.6. The lowest BCUT2D eigenvalue weighted by Gasteiger charge is -2.37. The maximum Gasteiger partial charge on any atom is 0.326 e. The van der Waals surface area contributed by atoms with Crippen LogP contribution in [0.25, 0.3) is 10.9 Å². The van der Waals surface area contributed by atoms with Gasteiger partial charge in [-0.3, -0.25) is 38.4 Å². The number of hydrogen-bond donors (Lipinski definition) is 11. The second-order valence-corrected chi connectivity index (χ2v) is 21.2. The van der Waals surface area contributed by atoms with Gasteiger partial charge in [-0.15, -0.1) is 0 Å². The van der Waals surface area contributed by atoms with Crippen molar-refractivity contribution in [1.82, 2.24) is 41.8 Å². The summed E-state index contributed by atoms with van der Waals surface area (Å²) in [5.74, 6) is -8.36. The molecule has 0 radical (unpaired) electrons. The number of aliphatic carboxylic acids is 1. The van der Waals surface area contributed by atoms with Crippen LogP contribution in [-0.2, 0) is 49.6 Å². The molecule has 1 aliphatic carbocycles. The van der Waals surface area contributed by atoms with Crippen LogP contribution in [0.1, 0.15) is 104 Å². The molecule has 1 aromatic carbocycles. The number of para-hydroxylation sites is 1. The zero-order chi connectivity index (χ0) is 50.4. The Hall–Kier alpha value is -5.39. The number of hydrogen-bond acceptors (Lipinski definition) is 13. The van der Waals surface area contributed by atoms with Gasteiger partial charge in [0.2, 0.25) is 47.3 Å². The Morgan fingerprint density at radius 2 is 1.58 bits per heavy atom. The summed E-state index contributed by atoms with van der Waals surface area (Å²) in [4.78, 5) is 128. The molecular weight excluding hydrogens is 933 g/mol. The molecule has 13 N–H and O–H groups in total. The van der Waals surface area contributed by atoms with E-state index in [0.717, 1.165) is 30.2 Å². The lowest BCUT2D eigenvalue weighted by molar-refractivity contribution is -0.145. The molecular formula is C46H68N10O11S2. The van der Waals surface area contributed by atoms with Crippen molar-refractivity contribution in [2.45, 2.75) is 157 Å². The lowest BCUT2D eigenvalue weighted by atomic mass is 9.85. The number of carbonyl (C=O) groups excluding carboxylic acids is 8. The summed E-state index contributed by atoms with van der Waals surface area (Å²) >= 11 is 0. The smallest absolute Gasteiger partial charge is 0.326 e. The fourth-order valence-electron chi connectivity index (χ4n) is 9.00. The normalized spacial score (nSPS) is 25.8. The highest BCUT2D eigenvalue weighted by Crippen LogP contribution is 2.48. The predicted molar refractivity (Wildman–Crippen MR) is 260 cm³/mol. The van der Waals surface area contributed by atoms with Crippen molar-refractivity contribution in [3.05, 3.63) is 36.0 Å². The molecule has 1 spiro atoms. The number of aromatic amines is 1. The molecule has 1 saturated carbocycles. The number of fused-ring (bicyclic) bond motifs is 1. The van der Waals surface area contributed by atoms with E-state index < -0.39 is 119 Å². The number of carboxylic acids is 1. The van der Waals surface area contributed by atoms with Crippen molar-refractivity contribution >= 4 is 85.7 Å². The van der Waals surface area contributed by atoms with Gasteiger partial charge in [0.1, 0.15) is 42.3 Å². The standard InChI is InChI=1S/C46H68N10O11S2/c1-4-25(2)37-42(63)55-38(26(3)57)43(64)52-32(22-35(48)58)39(60)53-33(44(65)56-19-11-15-34(56)41(62)51-30(45(66)67)14-10-18-47)24-68-69-46(16-8-5-9-17-46)23-36(59)50-31(40(61)54-37)21-28-20-27-12-6-7-13-29(27)49-28/h6-7,12-13,20,25-26,30-34,37-38,49,57H,4-5,8-11,14-19,21-24,47H2,1-3H3,(H2,48,58)(H,50,59)(H,51,62)(H,52,64)(H,53,60)(H,54,61)(H,55,63)(H,66,67)/t25-,26+,30-,31+,32-,33-,34-,37-,38-/m0/s1. The Kier molecular flexibility index (Phi) is 20.1. The van der Waals surface area contributed by atoms with Crippen LogP contribution in [0.15, 0.2) is 30.3 Å². The number of carboxylic acid groups (broad SMARTS) is 1. The minimum atomic E-state index is -1.73. The Balaban J connectivity index is 1.52. The molecule has 3 aliphatic rings. The molecule has 2 aliphatic heterocycles. The summed E-state index contributed by atoms with van der Waals surface area (Å²) in [6.45, 7) is 5.02. The van der Waals surface area contributed by atoms with Gasteiger partial charge in [-0.1, -0.05) is 79.3 Å². The summed E-state index contributed by atoms with van der Waals surface area (Å²) in [7, 11) is 2.58. The topological polar surface area (TPSA) is 337 Å². The lowest BCUT2D eigenvalue weighted by Crippen LogP contribution is -2.63. The van der Waals surface area contributed by atoms with Crippen LogP contribution in [0.5, 0.6) is 0 Å². The summed E-state index contributed by atoms with van der Waals surface area (Å²) < 4.78 is -0.684. The number of aromatic nitrogens is 1. The third-order valence-electron chi connectivity index (χ3n) is 13.0. The molecule has 3 heterocycles. The van der Waals surface area contributed by atoms with Gasteiger partial charge in [-0.25, -0.2) is 4.79 Å². The number of nitrogens with zero attached hydrogens (tertiary/aromatic N) is 1. The number of carbonyl (C=O) groups is 9.